The lowest BCUT2D eigenvalue weighted by Gasteiger charge is -2.21. The zero-order chi connectivity index (χ0) is 14.0. The van der Waals surface area contributed by atoms with E-state index in [-0.39, 0.29) is 17.9 Å². The highest BCUT2D eigenvalue weighted by Crippen LogP contribution is 2.23. The van der Waals surface area contributed by atoms with Gasteiger partial charge in [0.25, 0.3) is 0 Å². The number of carbonyl (C=O) groups is 1. The van der Waals surface area contributed by atoms with E-state index < -0.39 is 5.97 Å². The summed E-state index contributed by atoms with van der Waals surface area (Å²) >= 11 is 0. The Morgan fingerprint density at radius 1 is 1.53 bits per heavy atom. The van der Waals surface area contributed by atoms with Crippen LogP contribution in [0.25, 0.3) is 0 Å². The van der Waals surface area contributed by atoms with Crippen molar-refractivity contribution >= 4 is 5.97 Å². The molecule has 1 aromatic heterocycles. The zero-order valence-corrected chi connectivity index (χ0v) is 11.7. The van der Waals surface area contributed by atoms with Crippen molar-refractivity contribution in [1.82, 2.24) is 15.0 Å². The Bertz CT molecular complexity index is 450. The summed E-state index contributed by atoms with van der Waals surface area (Å²) in [5.41, 5.74) is -0.156. The number of aromatic nitrogens is 2. The van der Waals surface area contributed by atoms with Crippen LogP contribution in [-0.4, -0.2) is 38.7 Å². The number of likely N-dealkylation sites (tertiary alicyclic amines) is 1. The number of rotatable bonds is 4. The van der Waals surface area contributed by atoms with Gasteiger partial charge in [-0.2, -0.15) is 4.98 Å². The van der Waals surface area contributed by atoms with Crippen molar-refractivity contribution in [2.75, 3.05) is 6.54 Å². The van der Waals surface area contributed by atoms with Gasteiger partial charge in [0.1, 0.15) is 0 Å². The van der Waals surface area contributed by atoms with Gasteiger partial charge in [0.15, 0.2) is 5.82 Å². The molecule has 2 heterocycles. The van der Waals surface area contributed by atoms with Crippen molar-refractivity contribution in [2.24, 2.45) is 0 Å². The molecule has 1 atom stereocenters. The zero-order valence-electron chi connectivity index (χ0n) is 11.7. The molecule has 1 aromatic rings. The van der Waals surface area contributed by atoms with Crippen molar-refractivity contribution in [3.05, 3.63) is 11.7 Å². The molecule has 2 rings (SSSR count). The van der Waals surface area contributed by atoms with E-state index in [1.807, 2.05) is 20.8 Å². The summed E-state index contributed by atoms with van der Waals surface area (Å²) in [7, 11) is 0. The number of carboxylic acid groups (broad SMARTS) is 1. The Morgan fingerprint density at radius 3 is 2.84 bits per heavy atom. The van der Waals surface area contributed by atoms with Crippen LogP contribution in [0.3, 0.4) is 0 Å². The van der Waals surface area contributed by atoms with E-state index in [9.17, 15) is 4.79 Å². The molecule has 0 spiro atoms. The third kappa shape index (κ3) is 3.53. The Hall–Kier alpha value is -1.43. The van der Waals surface area contributed by atoms with E-state index in [1.54, 1.807) is 0 Å². The minimum Gasteiger partial charge on any atom is -0.481 e. The topological polar surface area (TPSA) is 79.5 Å². The second kappa shape index (κ2) is 5.28. The van der Waals surface area contributed by atoms with Crippen LogP contribution in [0.15, 0.2) is 4.52 Å². The molecule has 6 heteroatoms. The van der Waals surface area contributed by atoms with Gasteiger partial charge in [-0.1, -0.05) is 25.9 Å². The normalized spacial score (nSPS) is 20.9. The van der Waals surface area contributed by atoms with E-state index in [0.29, 0.717) is 18.3 Å². The SMILES string of the molecule is CC(C)(C)c1nc(CN2CCCC2CC(=O)O)no1. The molecule has 1 aliphatic rings. The largest absolute Gasteiger partial charge is 0.481 e. The van der Waals surface area contributed by atoms with E-state index in [2.05, 4.69) is 15.0 Å². The van der Waals surface area contributed by atoms with Crippen LogP contribution in [0.4, 0.5) is 0 Å². The average Bonchev–Trinajstić information content (AvgIpc) is 2.88. The molecule has 106 valence electrons. The molecule has 1 saturated heterocycles. The smallest absolute Gasteiger partial charge is 0.304 e. The van der Waals surface area contributed by atoms with Crippen LogP contribution >= 0.6 is 0 Å². The van der Waals surface area contributed by atoms with Crippen molar-refractivity contribution in [1.29, 1.82) is 0 Å². The average molecular weight is 267 g/mol. The highest BCUT2D eigenvalue weighted by molar-refractivity contribution is 5.67. The highest BCUT2D eigenvalue weighted by atomic mass is 16.5. The standard InChI is InChI=1S/C13H21N3O3/c1-13(2,3)12-14-10(15-19-12)8-16-6-4-5-9(16)7-11(17)18/h9H,4-8H2,1-3H3,(H,17,18). The van der Waals surface area contributed by atoms with Crippen molar-refractivity contribution in [3.63, 3.8) is 0 Å². The minimum atomic E-state index is -0.750. The molecular formula is C13H21N3O3. The van der Waals surface area contributed by atoms with Crippen molar-refractivity contribution in [3.8, 4) is 0 Å². The van der Waals surface area contributed by atoms with Gasteiger partial charge in [-0.25, -0.2) is 0 Å². The third-order valence-electron chi connectivity index (χ3n) is 3.36. The molecule has 0 radical (unpaired) electrons. The number of carboxylic acids is 1. The molecule has 0 aliphatic carbocycles. The fourth-order valence-corrected chi connectivity index (χ4v) is 2.34. The maximum Gasteiger partial charge on any atom is 0.304 e. The summed E-state index contributed by atoms with van der Waals surface area (Å²) in [6, 6.07) is 0.0917. The molecule has 1 unspecified atom stereocenters. The Balaban J connectivity index is 2.00. The van der Waals surface area contributed by atoms with E-state index in [1.165, 1.54) is 0 Å². The van der Waals surface area contributed by atoms with Crippen molar-refractivity contribution in [2.45, 2.75) is 58.0 Å². The fourth-order valence-electron chi connectivity index (χ4n) is 2.34. The van der Waals surface area contributed by atoms with Gasteiger partial charge in [-0.05, 0) is 19.4 Å². The van der Waals surface area contributed by atoms with Gasteiger partial charge in [0, 0.05) is 11.5 Å². The first kappa shape index (κ1) is 14.0. The van der Waals surface area contributed by atoms with Crippen LogP contribution in [0.2, 0.25) is 0 Å². The Kier molecular flexibility index (Phi) is 3.89. The van der Waals surface area contributed by atoms with Gasteiger partial charge in [-0.15, -0.1) is 0 Å². The molecule has 0 bridgehead atoms. The first-order chi connectivity index (χ1) is 8.86. The maximum absolute atomic E-state index is 10.8. The monoisotopic (exact) mass is 267 g/mol. The van der Waals surface area contributed by atoms with Gasteiger partial charge in [0.2, 0.25) is 5.89 Å². The molecular weight excluding hydrogens is 246 g/mol. The highest BCUT2D eigenvalue weighted by Gasteiger charge is 2.28. The summed E-state index contributed by atoms with van der Waals surface area (Å²) in [5.74, 6) is 0.513. The summed E-state index contributed by atoms with van der Waals surface area (Å²) in [5, 5.41) is 12.9. The Labute approximate surface area is 112 Å². The number of nitrogens with zero attached hydrogens (tertiary/aromatic N) is 3. The minimum absolute atomic E-state index is 0.0917. The van der Waals surface area contributed by atoms with Crippen LogP contribution in [0.1, 0.15) is 51.7 Å². The fraction of sp³-hybridized carbons (Fsp3) is 0.769. The lowest BCUT2D eigenvalue weighted by Crippen LogP contribution is -2.31. The molecule has 0 aromatic carbocycles. The second-order valence-electron chi connectivity index (χ2n) is 6.13. The predicted molar refractivity (Wildman–Crippen MR) is 68.7 cm³/mol. The molecule has 0 amide bonds. The molecule has 0 saturated carbocycles. The molecule has 1 N–H and O–H groups in total. The molecule has 6 nitrogen and oxygen atoms in total. The van der Waals surface area contributed by atoms with Gasteiger partial charge in [0.05, 0.1) is 13.0 Å². The number of hydrogen-bond donors (Lipinski definition) is 1. The van der Waals surface area contributed by atoms with E-state index in [0.717, 1.165) is 19.4 Å². The van der Waals surface area contributed by atoms with E-state index >= 15 is 0 Å². The summed E-state index contributed by atoms with van der Waals surface area (Å²) in [4.78, 5) is 17.3. The van der Waals surface area contributed by atoms with Gasteiger partial charge in [-0.3, -0.25) is 9.69 Å². The summed E-state index contributed by atoms with van der Waals surface area (Å²) in [6.07, 6.45) is 2.14. The van der Waals surface area contributed by atoms with Gasteiger partial charge < -0.3 is 9.63 Å². The van der Waals surface area contributed by atoms with Crippen LogP contribution < -0.4 is 0 Å². The third-order valence-corrected chi connectivity index (χ3v) is 3.36. The number of aliphatic carboxylic acids is 1. The number of hydrogen-bond acceptors (Lipinski definition) is 5. The predicted octanol–water partition coefficient (Wildman–Crippen LogP) is 1.81. The first-order valence-electron chi connectivity index (χ1n) is 6.65. The van der Waals surface area contributed by atoms with Crippen LogP contribution in [0, 0.1) is 0 Å². The lowest BCUT2D eigenvalue weighted by atomic mass is 9.97. The molecule has 1 fully saturated rings. The lowest BCUT2D eigenvalue weighted by molar-refractivity contribution is -0.138. The van der Waals surface area contributed by atoms with Crippen LogP contribution in [0.5, 0.6) is 0 Å². The van der Waals surface area contributed by atoms with Crippen LogP contribution in [-0.2, 0) is 16.8 Å². The van der Waals surface area contributed by atoms with Crippen molar-refractivity contribution < 1.29 is 14.4 Å². The second-order valence-corrected chi connectivity index (χ2v) is 6.13. The van der Waals surface area contributed by atoms with E-state index in [4.69, 9.17) is 9.63 Å². The Morgan fingerprint density at radius 2 is 2.26 bits per heavy atom. The quantitative estimate of drug-likeness (QED) is 0.896. The molecule has 19 heavy (non-hydrogen) atoms. The summed E-state index contributed by atoms with van der Waals surface area (Å²) in [6.45, 7) is 7.53. The molecule has 1 aliphatic heterocycles. The summed E-state index contributed by atoms with van der Waals surface area (Å²) < 4.78 is 5.25. The first-order valence-corrected chi connectivity index (χ1v) is 6.65. The maximum atomic E-state index is 10.8. The van der Waals surface area contributed by atoms with Gasteiger partial charge >= 0.3 is 5.97 Å².